The Labute approximate surface area is 145 Å². The lowest BCUT2D eigenvalue weighted by molar-refractivity contribution is 0.475. The molecule has 0 spiro atoms. The van der Waals surface area contributed by atoms with Crippen molar-refractivity contribution in [3.8, 4) is 5.75 Å². The molecule has 0 amide bonds. The molecule has 0 atom stereocenters. The predicted molar refractivity (Wildman–Crippen MR) is 97.5 cm³/mol. The van der Waals surface area contributed by atoms with Gasteiger partial charge in [-0.1, -0.05) is 25.1 Å². The molecule has 2 N–H and O–H groups in total. The van der Waals surface area contributed by atoms with Crippen LogP contribution in [0.5, 0.6) is 5.75 Å². The van der Waals surface area contributed by atoms with Crippen LogP contribution < -0.4 is 10.2 Å². The Balaban J connectivity index is 0.00000208. The van der Waals surface area contributed by atoms with E-state index in [2.05, 4.69) is 20.3 Å². The predicted octanol–water partition coefficient (Wildman–Crippen LogP) is 4.38. The van der Waals surface area contributed by atoms with Gasteiger partial charge in [0.25, 0.3) is 0 Å². The van der Waals surface area contributed by atoms with Crippen LogP contribution in [-0.2, 0) is 0 Å². The van der Waals surface area contributed by atoms with Crippen molar-refractivity contribution < 1.29 is 5.11 Å². The number of aromatic hydroxyl groups is 1. The minimum atomic E-state index is 0. The standard InChI is InChI=1S/C16H14ClN5O.CH4/c1-22(13-4-2-3-11(17)9-13)16-19-10-18-15(21-16)20-12-5-7-14(23)8-6-12;/h2-10,23H,1H3,(H,18,19,20,21);1H4. The first-order valence-corrected chi connectivity index (χ1v) is 7.24. The van der Waals surface area contributed by atoms with E-state index in [0.717, 1.165) is 11.4 Å². The van der Waals surface area contributed by atoms with E-state index in [1.54, 1.807) is 24.3 Å². The Morgan fingerprint density at radius 3 is 2.54 bits per heavy atom. The lowest BCUT2D eigenvalue weighted by Crippen LogP contribution is -2.14. The van der Waals surface area contributed by atoms with Crippen LogP contribution in [0.15, 0.2) is 54.9 Å². The van der Waals surface area contributed by atoms with Crippen molar-refractivity contribution in [2.75, 3.05) is 17.3 Å². The van der Waals surface area contributed by atoms with Crippen LogP contribution in [0.3, 0.4) is 0 Å². The zero-order chi connectivity index (χ0) is 16.2. The second-order valence-electron chi connectivity index (χ2n) is 4.82. The lowest BCUT2D eigenvalue weighted by Gasteiger charge is -2.17. The number of nitrogens with zero attached hydrogens (tertiary/aromatic N) is 4. The maximum Gasteiger partial charge on any atom is 0.234 e. The second-order valence-corrected chi connectivity index (χ2v) is 5.26. The fraction of sp³-hybridized carbons (Fsp3) is 0.118. The Morgan fingerprint density at radius 2 is 1.83 bits per heavy atom. The average molecular weight is 344 g/mol. The molecule has 0 bridgehead atoms. The van der Waals surface area contributed by atoms with Gasteiger partial charge >= 0.3 is 0 Å². The number of rotatable bonds is 4. The van der Waals surface area contributed by atoms with Crippen LogP contribution in [0.2, 0.25) is 5.02 Å². The van der Waals surface area contributed by atoms with Gasteiger partial charge in [-0.15, -0.1) is 0 Å². The van der Waals surface area contributed by atoms with E-state index in [1.807, 2.05) is 36.2 Å². The molecular formula is C17H18ClN5O. The van der Waals surface area contributed by atoms with Gasteiger partial charge in [-0.25, -0.2) is 9.97 Å². The monoisotopic (exact) mass is 343 g/mol. The highest BCUT2D eigenvalue weighted by atomic mass is 35.5. The number of hydrogen-bond donors (Lipinski definition) is 2. The van der Waals surface area contributed by atoms with Crippen LogP contribution >= 0.6 is 11.6 Å². The molecule has 124 valence electrons. The molecule has 6 nitrogen and oxygen atoms in total. The second kappa shape index (κ2) is 7.61. The number of hydrogen-bond acceptors (Lipinski definition) is 6. The van der Waals surface area contributed by atoms with Crippen molar-refractivity contribution in [2.45, 2.75) is 7.43 Å². The molecule has 0 unspecified atom stereocenters. The largest absolute Gasteiger partial charge is 0.508 e. The van der Waals surface area contributed by atoms with E-state index in [4.69, 9.17) is 11.6 Å². The van der Waals surface area contributed by atoms with Crippen LogP contribution in [0, 0.1) is 0 Å². The quantitative estimate of drug-likeness (QED) is 0.685. The number of benzene rings is 2. The third kappa shape index (κ3) is 4.11. The van der Waals surface area contributed by atoms with Crippen molar-refractivity contribution in [3.05, 3.63) is 59.9 Å². The smallest absolute Gasteiger partial charge is 0.234 e. The van der Waals surface area contributed by atoms with Gasteiger partial charge in [-0.05, 0) is 42.5 Å². The SMILES string of the molecule is C.CN(c1cccc(Cl)c1)c1ncnc(Nc2ccc(O)cc2)n1. The summed E-state index contributed by atoms with van der Waals surface area (Å²) < 4.78 is 0. The van der Waals surface area contributed by atoms with Crippen molar-refractivity contribution in [1.82, 2.24) is 15.0 Å². The molecule has 7 heteroatoms. The number of anilines is 4. The van der Waals surface area contributed by atoms with Gasteiger partial charge in [0.05, 0.1) is 0 Å². The molecule has 0 aliphatic heterocycles. The molecule has 24 heavy (non-hydrogen) atoms. The van der Waals surface area contributed by atoms with Crippen molar-refractivity contribution in [3.63, 3.8) is 0 Å². The number of phenolic OH excluding ortho intramolecular Hbond substituents is 1. The van der Waals surface area contributed by atoms with Crippen molar-refractivity contribution in [1.29, 1.82) is 0 Å². The van der Waals surface area contributed by atoms with E-state index < -0.39 is 0 Å². The third-order valence-corrected chi connectivity index (χ3v) is 3.41. The van der Waals surface area contributed by atoms with Crippen LogP contribution in [0.4, 0.5) is 23.3 Å². The Morgan fingerprint density at radius 1 is 1.08 bits per heavy atom. The molecule has 0 radical (unpaired) electrons. The highest BCUT2D eigenvalue weighted by Crippen LogP contribution is 2.24. The molecule has 3 rings (SSSR count). The van der Waals surface area contributed by atoms with Crippen LogP contribution in [0.25, 0.3) is 0 Å². The molecule has 3 aromatic rings. The topological polar surface area (TPSA) is 74.2 Å². The molecule has 0 fully saturated rings. The van der Waals surface area contributed by atoms with E-state index in [0.29, 0.717) is 16.9 Å². The highest BCUT2D eigenvalue weighted by Gasteiger charge is 2.09. The summed E-state index contributed by atoms with van der Waals surface area (Å²) in [5, 5.41) is 13.0. The summed E-state index contributed by atoms with van der Waals surface area (Å²) in [6.45, 7) is 0. The molecule has 1 aromatic heterocycles. The van der Waals surface area contributed by atoms with Gasteiger partial charge in [0.15, 0.2) is 0 Å². The summed E-state index contributed by atoms with van der Waals surface area (Å²) in [6, 6.07) is 14.1. The van der Waals surface area contributed by atoms with E-state index in [-0.39, 0.29) is 13.2 Å². The zero-order valence-electron chi connectivity index (χ0n) is 12.3. The summed E-state index contributed by atoms with van der Waals surface area (Å²) in [5.74, 6) is 1.10. The Hall–Kier alpha value is -2.86. The molecule has 1 heterocycles. The van der Waals surface area contributed by atoms with Crippen LogP contribution in [0.1, 0.15) is 7.43 Å². The van der Waals surface area contributed by atoms with E-state index >= 15 is 0 Å². The summed E-state index contributed by atoms with van der Waals surface area (Å²) >= 11 is 6.02. The normalized spacial score (nSPS) is 9.92. The first-order chi connectivity index (χ1) is 11.1. The van der Waals surface area contributed by atoms with Gasteiger partial charge in [-0.2, -0.15) is 4.98 Å². The number of nitrogens with one attached hydrogen (secondary N) is 1. The van der Waals surface area contributed by atoms with Crippen molar-refractivity contribution >= 4 is 34.9 Å². The Kier molecular flexibility index (Phi) is 5.55. The molecular weight excluding hydrogens is 326 g/mol. The van der Waals surface area contributed by atoms with Gasteiger partial charge in [0, 0.05) is 23.4 Å². The molecule has 0 aliphatic carbocycles. The maximum atomic E-state index is 9.30. The first-order valence-electron chi connectivity index (χ1n) is 6.86. The van der Waals surface area contributed by atoms with E-state index in [9.17, 15) is 5.11 Å². The minimum Gasteiger partial charge on any atom is -0.508 e. The maximum absolute atomic E-state index is 9.30. The summed E-state index contributed by atoms with van der Waals surface area (Å²) in [6.07, 6.45) is 1.44. The zero-order valence-corrected chi connectivity index (χ0v) is 13.1. The first kappa shape index (κ1) is 17.5. The van der Waals surface area contributed by atoms with Gasteiger partial charge in [-0.3, -0.25) is 0 Å². The molecule has 0 aliphatic rings. The number of aromatic nitrogens is 3. The summed E-state index contributed by atoms with van der Waals surface area (Å²) in [5.41, 5.74) is 1.64. The van der Waals surface area contributed by atoms with Gasteiger partial charge in [0.2, 0.25) is 11.9 Å². The fourth-order valence-electron chi connectivity index (χ4n) is 1.98. The van der Waals surface area contributed by atoms with Crippen LogP contribution in [-0.4, -0.2) is 27.1 Å². The average Bonchev–Trinajstić information content (AvgIpc) is 2.56. The summed E-state index contributed by atoms with van der Waals surface area (Å²) in [7, 11) is 1.85. The fourth-order valence-corrected chi connectivity index (χ4v) is 2.17. The number of halogens is 1. The third-order valence-electron chi connectivity index (χ3n) is 3.18. The van der Waals surface area contributed by atoms with E-state index in [1.165, 1.54) is 6.33 Å². The molecule has 0 saturated heterocycles. The highest BCUT2D eigenvalue weighted by molar-refractivity contribution is 6.30. The lowest BCUT2D eigenvalue weighted by atomic mass is 10.3. The van der Waals surface area contributed by atoms with Gasteiger partial charge in [0.1, 0.15) is 12.1 Å². The van der Waals surface area contributed by atoms with Gasteiger partial charge < -0.3 is 15.3 Å². The number of phenols is 1. The Bertz CT molecular complexity index is 810. The molecule has 0 saturated carbocycles. The molecule has 2 aromatic carbocycles. The van der Waals surface area contributed by atoms with Crippen molar-refractivity contribution in [2.24, 2.45) is 0 Å². The minimum absolute atomic E-state index is 0. The summed E-state index contributed by atoms with van der Waals surface area (Å²) in [4.78, 5) is 14.5.